The molecule has 0 aromatic carbocycles. The minimum Gasteiger partial charge on any atom is -0.726 e. The summed E-state index contributed by atoms with van der Waals surface area (Å²) in [5.41, 5.74) is 0.640. The Kier molecular flexibility index (Phi) is 5.06. The highest BCUT2D eigenvalue weighted by Gasteiger charge is 2.54. The molecule has 1 N–H and O–H groups in total. The van der Waals surface area contributed by atoms with Gasteiger partial charge in [-0.1, -0.05) is 0 Å². The summed E-state index contributed by atoms with van der Waals surface area (Å²) < 4.78 is 33.1. The molecule has 1 rings (SSSR count). The quantitative estimate of drug-likeness (QED) is 0.425. The van der Waals surface area contributed by atoms with Gasteiger partial charge in [-0.05, 0) is 13.8 Å². The fourth-order valence-electron chi connectivity index (χ4n) is 1.80. The Hall–Kier alpha value is -0.540. The molecule has 0 fully saturated rings. The Balaban J connectivity index is 0.000000411. The van der Waals surface area contributed by atoms with E-state index in [1.165, 1.54) is 10.8 Å². The monoisotopic (exact) mass is 282 g/mol. The van der Waals surface area contributed by atoms with Gasteiger partial charge in [-0.2, -0.15) is 0 Å². The molecule has 0 amide bonds. The highest BCUT2D eigenvalue weighted by molar-refractivity contribution is 7.80. The molecule has 0 radical (unpaired) electrons. The first kappa shape index (κ1) is 17.5. The van der Waals surface area contributed by atoms with Gasteiger partial charge in [0.2, 0.25) is 16.1 Å². The van der Waals surface area contributed by atoms with E-state index in [-0.39, 0.29) is 11.2 Å². The molecule has 108 valence electrons. The van der Waals surface area contributed by atoms with E-state index in [9.17, 15) is 18.2 Å². The second kappa shape index (κ2) is 5.22. The van der Waals surface area contributed by atoms with E-state index in [2.05, 4.69) is 15.7 Å². The van der Waals surface area contributed by atoms with Crippen molar-refractivity contribution >= 4 is 16.1 Å². The predicted molar refractivity (Wildman–Crippen MR) is 65.4 cm³/mol. The molecule has 0 unspecified atom stereocenters. The van der Waals surface area contributed by atoms with Crippen molar-refractivity contribution in [3.8, 4) is 0 Å². The fraction of sp³-hybridized carbons (Fsp3) is 0.900. The van der Waals surface area contributed by atoms with Gasteiger partial charge in [-0.3, -0.25) is 4.18 Å². The van der Waals surface area contributed by atoms with E-state index >= 15 is 0 Å². The Labute approximate surface area is 109 Å². The van der Waals surface area contributed by atoms with Gasteiger partial charge < -0.3 is 9.76 Å². The van der Waals surface area contributed by atoms with Crippen molar-refractivity contribution in [3.05, 3.63) is 0 Å². The minimum atomic E-state index is -4.41. The highest BCUT2D eigenvalue weighted by Crippen LogP contribution is 2.31. The summed E-state index contributed by atoms with van der Waals surface area (Å²) in [5, 5.41) is 11.3. The lowest BCUT2D eigenvalue weighted by molar-refractivity contribution is -0.610. The molecule has 0 aromatic rings. The van der Waals surface area contributed by atoms with Crippen LogP contribution in [0.15, 0.2) is 0 Å². The number of hydroxylamine groups is 2. The molecule has 0 atom stereocenters. The average molecular weight is 282 g/mol. The van der Waals surface area contributed by atoms with Gasteiger partial charge in [-0.15, -0.1) is 5.06 Å². The maximum atomic E-state index is 9.90. The largest absolute Gasteiger partial charge is 0.726 e. The zero-order chi connectivity index (χ0) is 14.9. The van der Waals surface area contributed by atoms with Gasteiger partial charge in [0.15, 0.2) is 5.71 Å². The molecule has 8 heteroatoms. The fourth-order valence-corrected chi connectivity index (χ4v) is 1.80. The summed E-state index contributed by atoms with van der Waals surface area (Å²) in [6, 6.07) is 0. The van der Waals surface area contributed by atoms with E-state index in [4.69, 9.17) is 0 Å². The molecule has 0 aromatic heterocycles. The van der Waals surface area contributed by atoms with Crippen molar-refractivity contribution < 1.29 is 26.9 Å². The summed E-state index contributed by atoms with van der Waals surface area (Å²) in [5.74, 6) is 0. The van der Waals surface area contributed by atoms with Crippen LogP contribution in [0.4, 0.5) is 0 Å². The second-order valence-corrected chi connectivity index (χ2v) is 6.23. The standard InChI is InChI=1S/C9H19N2O.CH4O4S/c1-7-8(2,3)11(12)9(4,5)10(7)6;1-5-6(2,3)4/h12H,1-6H3;1H3,(H,2,3,4)/q+1;/p-1. The van der Waals surface area contributed by atoms with Crippen LogP contribution in [0, 0.1) is 0 Å². The van der Waals surface area contributed by atoms with Crippen LogP contribution in [0.1, 0.15) is 34.6 Å². The molecular weight excluding hydrogens is 260 g/mol. The predicted octanol–water partition coefficient (Wildman–Crippen LogP) is 0.402. The molecule has 0 aliphatic carbocycles. The zero-order valence-electron chi connectivity index (χ0n) is 11.9. The Morgan fingerprint density at radius 1 is 1.33 bits per heavy atom. The molecule has 0 bridgehead atoms. The topological polar surface area (TPSA) is 92.9 Å². The zero-order valence-corrected chi connectivity index (χ0v) is 12.7. The SMILES string of the molecule is CC1=[N+](C)C(C)(C)N(O)C1(C)C.COS(=O)(=O)[O-]. The van der Waals surface area contributed by atoms with Crippen LogP contribution < -0.4 is 0 Å². The highest BCUT2D eigenvalue weighted by atomic mass is 32.3. The van der Waals surface area contributed by atoms with Gasteiger partial charge in [0.1, 0.15) is 12.6 Å². The maximum Gasteiger partial charge on any atom is 0.234 e. The van der Waals surface area contributed by atoms with E-state index in [1.807, 2.05) is 34.7 Å². The minimum absolute atomic E-state index is 0.252. The van der Waals surface area contributed by atoms with Crippen molar-refractivity contribution in [3.63, 3.8) is 0 Å². The van der Waals surface area contributed by atoms with E-state index in [0.717, 1.165) is 7.11 Å². The van der Waals surface area contributed by atoms with Gasteiger partial charge >= 0.3 is 0 Å². The molecule has 7 nitrogen and oxygen atoms in total. The van der Waals surface area contributed by atoms with Crippen LogP contribution in [0.3, 0.4) is 0 Å². The molecular formula is C10H22N2O5S. The number of hydrogen-bond acceptors (Lipinski definition) is 6. The van der Waals surface area contributed by atoms with Crippen molar-refractivity contribution in [2.24, 2.45) is 0 Å². The van der Waals surface area contributed by atoms with E-state index in [1.54, 1.807) is 0 Å². The molecule has 0 saturated carbocycles. The lowest BCUT2D eigenvalue weighted by Gasteiger charge is -2.29. The molecule has 1 heterocycles. The van der Waals surface area contributed by atoms with E-state index < -0.39 is 10.4 Å². The van der Waals surface area contributed by atoms with Crippen LogP contribution >= 0.6 is 0 Å². The van der Waals surface area contributed by atoms with Gasteiger partial charge in [0.25, 0.3) is 0 Å². The van der Waals surface area contributed by atoms with Crippen molar-refractivity contribution in [1.29, 1.82) is 0 Å². The Morgan fingerprint density at radius 3 is 1.72 bits per heavy atom. The summed E-state index contributed by atoms with van der Waals surface area (Å²) in [6.45, 7) is 10.1. The summed E-state index contributed by atoms with van der Waals surface area (Å²) in [7, 11) is -1.60. The third kappa shape index (κ3) is 3.48. The van der Waals surface area contributed by atoms with E-state index in [0.29, 0.717) is 0 Å². The van der Waals surface area contributed by atoms with Crippen LogP contribution in [0.2, 0.25) is 0 Å². The van der Waals surface area contributed by atoms with Crippen LogP contribution in [-0.2, 0) is 14.6 Å². The maximum absolute atomic E-state index is 9.90. The smallest absolute Gasteiger partial charge is 0.234 e. The molecule has 18 heavy (non-hydrogen) atoms. The first-order valence-corrected chi connectivity index (χ1v) is 6.70. The van der Waals surface area contributed by atoms with Crippen molar-refractivity contribution in [2.45, 2.75) is 45.8 Å². The third-order valence-electron chi connectivity index (χ3n) is 3.46. The molecule has 1 aliphatic heterocycles. The summed E-state index contributed by atoms with van der Waals surface area (Å²) in [4.78, 5) is 0. The van der Waals surface area contributed by atoms with Crippen molar-refractivity contribution in [2.75, 3.05) is 14.2 Å². The second-order valence-electron chi connectivity index (χ2n) is 5.08. The number of rotatable bonds is 1. The van der Waals surface area contributed by atoms with Gasteiger partial charge in [-0.25, -0.2) is 13.0 Å². The van der Waals surface area contributed by atoms with Crippen LogP contribution in [0.5, 0.6) is 0 Å². The summed E-state index contributed by atoms with van der Waals surface area (Å²) in [6.07, 6.45) is 0. The molecule has 0 spiro atoms. The Bertz CT molecular complexity index is 415. The lowest BCUT2D eigenvalue weighted by Crippen LogP contribution is -2.51. The number of nitrogens with zero attached hydrogens (tertiary/aromatic N) is 2. The average Bonchev–Trinajstić information content (AvgIpc) is 2.33. The van der Waals surface area contributed by atoms with Crippen molar-refractivity contribution in [1.82, 2.24) is 5.06 Å². The van der Waals surface area contributed by atoms with Gasteiger partial charge in [0.05, 0.1) is 7.11 Å². The number of hydrogen-bond donors (Lipinski definition) is 1. The first-order chi connectivity index (χ1) is 7.78. The molecule has 0 saturated heterocycles. The van der Waals surface area contributed by atoms with Gasteiger partial charge in [0, 0.05) is 20.8 Å². The van der Waals surface area contributed by atoms with Crippen LogP contribution in [0.25, 0.3) is 0 Å². The lowest BCUT2D eigenvalue weighted by atomic mass is 10.0. The van der Waals surface area contributed by atoms with Crippen LogP contribution in [-0.4, -0.2) is 58.9 Å². The third-order valence-corrected chi connectivity index (χ3v) is 3.87. The normalized spacial score (nSPS) is 22.7. The first-order valence-electron chi connectivity index (χ1n) is 5.37. The summed E-state index contributed by atoms with van der Waals surface area (Å²) >= 11 is 0. The Morgan fingerprint density at radius 2 is 1.67 bits per heavy atom. The molecule has 1 aliphatic rings.